The number of nitrogens with zero attached hydrogens (tertiary/aromatic N) is 8. The SMILES string of the molecule is Cc1nnnn1-c1ccc(Nc2nn(-c3c(Cl)cccc3Cl)nc2C(N)=O)nc1. The Kier molecular flexibility index (Phi) is 4.82. The molecule has 0 saturated heterocycles. The van der Waals surface area contributed by atoms with Crippen LogP contribution >= 0.6 is 23.2 Å². The van der Waals surface area contributed by atoms with Crippen LogP contribution in [0.4, 0.5) is 11.6 Å². The molecule has 0 unspecified atom stereocenters. The van der Waals surface area contributed by atoms with E-state index in [-0.39, 0.29) is 11.5 Å². The van der Waals surface area contributed by atoms with Crippen LogP contribution in [0.1, 0.15) is 16.3 Å². The van der Waals surface area contributed by atoms with Crippen molar-refractivity contribution in [2.75, 3.05) is 5.32 Å². The molecule has 0 saturated carbocycles. The van der Waals surface area contributed by atoms with Gasteiger partial charge in [-0.25, -0.2) is 4.98 Å². The van der Waals surface area contributed by atoms with Crippen LogP contribution in [0.15, 0.2) is 36.5 Å². The largest absolute Gasteiger partial charge is 0.364 e. The zero-order valence-corrected chi connectivity index (χ0v) is 16.3. The van der Waals surface area contributed by atoms with Crippen molar-refractivity contribution < 1.29 is 4.79 Å². The van der Waals surface area contributed by atoms with E-state index < -0.39 is 5.91 Å². The molecule has 0 aliphatic rings. The third kappa shape index (κ3) is 3.60. The zero-order valence-electron chi connectivity index (χ0n) is 14.8. The number of carbonyl (C=O) groups excluding carboxylic acids is 1. The van der Waals surface area contributed by atoms with Crippen LogP contribution in [-0.4, -0.2) is 46.1 Å². The highest BCUT2D eigenvalue weighted by atomic mass is 35.5. The standard InChI is InChI=1S/C16H12Cl2N10O/c1-8-22-25-26-27(8)9-5-6-12(20-7-9)21-16-13(15(19)29)23-28(24-16)14-10(17)3-2-4-11(14)18/h2-7H,1H3,(H2,19,29)(H,20,21,24). The van der Waals surface area contributed by atoms with Crippen molar-refractivity contribution in [1.29, 1.82) is 0 Å². The lowest BCUT2D eigenvalue weighted by molar-refractivity contribution is 0.0996. The molecule has 3 N–H and O–H groups in total. The third-order valence-electron chi connectivity index (χ3n) is 3.85. The number of tetrazole rings is 1. The zero-order chi connectivity index (χ0) is 20.5. The van der Waals surface area contributed by atoms with Crippen LogP contribution in [0.2, 0.25) is 10.0 Å². The Morgan fingerprint density at radius 3 is 2.48 bits per heavy atom. The minimum absolute atomic E-state index is 0.0943. The highest BCUT2D eigenvalue weighted by molar-refractivity contribution is 6.37. The van der Waals surface area contributed by atoms with Crippen LogP contribution < -0.4 is 11.1 Å². The second-order valence-corrected chi connectivity index (χ2v) is 6.60. The number of hydrogen-bond acceptors (Lipinski definition) is 8. The summed E-state index contributed by atoms with van der Waals surface area (Å²) < 4.78 is 1.53. The second kappa shape index (κ2) is 7.45. The van der Waals surface area contributed by atoms with Gasteiger partial charge in [-0.2, -0.15) is 4.68 Å². The van der Waals surface area contributed by atoms with Gasteiger partial charge in [-0.15, -0.1) is 20.1 Å². The number of rotatable bonds is 5. The van der Waals surface area contributed by atoms with Crippen LogP contribution in [0.25, 0.3) is 11.4 Å². The van der Waals surface area contributed by atoms with E-state index >= 15 is 0 Å². The molecule has 146 valence electrons. The topological polar surface area (TPSA) is 142 Å². The normalized spacial score (nSPS) is 10.9. The fraction of sp³-hybridized carbons (Fsp3) is 0.0625. The molecular weight excluding hydrogens is 419 g/mol. The first-order valence-electron chi connectivity index (χ1n) is 8.14. The Labute approximate surface area is 173 Å². The number of carbonyl (C=O) groups is 1. The monoisotopic (exact) mass is 430 g/mol. The predicted molar refractivity (Wildman–Crippen MR) is 105 cm³/mol. The number of anilines is 2. The van der Waals surface area contributed by atoms with Gasteiger partial charge in [0, 0.05) is 0 Å². The van der Waals surface area contributed by atoms with Gasteiger partial charge in [0.2, 0.25) is 0 Å². The predicted octanol–water partition coefficient (Wildman–Crippen LogP) is 2.10. The maximum Gasteiger partial charge on any atom is 0.273 e. The van der Waals surface area contributed by atoms with Gasteiger partial charge in [0.1, 0.15) is 11.5 Å². The number of halogens is 2. The summed E-state index contributed by atoms with van der Waals surface area (Å²) in [5.41, 5.74) is 6.33. The van der Waals surface area contributed by atoms with Crippen molar-refractivity contribution >= 4 is 40.7 Å². The highest BCUT2D eigenvalue weighted by Gasteiger charge is 2.20. The lowest BCUT2D eigenvalue weighted by atomic mass is 10.3. The molecule has 1 aromatic carbocycles. The molecule has 0 aliphatic heterocycles. The number of para-hydroxylation sites is 1. The Balaban J connectivity index is 1.67. The van der Waals surface area contributed by atoms with Crippen LogP contribution in [0.3, 0.4) is 0 Å². The van der Waals surface area contributed by atoms with E-state index in [0.717, 1.165) is 4.80 Å². The number of primary amides is 1. The molecule has 0 radical (unpaired) electrons. The molecule has 1 amide bonds. The molecule has 0 fully saturated rings. The van der Waals surface area contributed by atoms with Gasteiger partial charge < -0.3 is 11.1 Å². The van der Waals surface area contributed by atoms with E-state index in [1.807, 2.05) is 0 Å². The van der Waals surface area contributed by atoms with Crippen molar-refractivity contribution in [3.05, 3.63) is 58.1 Å². The van der Waals surface area contributed by atoms with Gasteiger partial charge >= 0.3 is 0 Å². The van der Waals surface area contributed by atoms with Crippen LogP contribution in [0.5, 0.6) is 0 Å². The Morgan fingerprint density at radius 2 is 1.90 bits per heavy atom. The van der Waals surface area contributed by atoms with Crippen molar-refractivity contribution in [1.82, 2.24) is 40.2 Å². The quantitative estimate of drug-likeness (QED) is 0.489. The van der Waals surface area contributed by atoms with Crippen LogP contribution in [-0.2, 0) is 0 Å². The van der Waals surface area contributed by atoms with Gasteiger partial charge in [0.05, 0.1) is 21.9 Å². The number of hydrogen-bond donors (Lipinski definition) is 2. The van der Waals surface area contributed by atoms with E-state index in [1.165, 1.54) is 4.68 Å². The summed E-state index contributed by atoms with van der Waals surface area (Å²) in [5.74, 6) is 0.345. The van der Waals surface area contributed by atoms with E-state index in [0.29, 0.717) is 33.1 Å². The summed E-state index contributed by atoms with van der Waals surface area (Å²) >= 11 is 12.4. The van der Waals surface area contributed by atoms with Gasteiger partial charge in [-0.3, -0.25) is 4.79 Å². The summed E-state index contributed by atoms with van der Waals surface area (Å²) in [5, 5.41) is 23.2. The van der Waals surface area contributed by atoms with Gasteiger partial charge in [-0.05, 0) is 41.6 Å². The van der Waals surface area contributed by atoms with Gasteiger partial charge in [0.25, 0.3) is 5.91 Å². The van der Waals surface area contributed by atoms with E-state index in [9.17, 15) is 4.79 Å². The fourth-order valence-corrected chi connectivity index (χ4v) is 3.06. The average Bonchev–Trinajstić information content (AvgIpc) is 3.29. The summed E-state index contributed by atoms with van der Waals surface area (Å²) in [4.78, 5) is 17.3. The molecule has 11 nitrogen and oxygen atoms in total. The fourth-order valence-electron chi connectivity index (χ4n) is 2.51. The Bertz CT molecular complexity index is 1180. The van der Waals surface area contributed by atoms with Crippen LogP contribution in [0, 0.1) is 6.92 Å². The molecule has 0 bridgehead atoms. The third-order valence-corrected chi connectivity index (χ3v) is 4.46. The molecule has 0 spiro atoms. The Morgan fingerprint density at radius 1 is 1.14 bits per heavy atom. The maximum atomic E-state index is 11.8. The second-order valence-electron chi connectivity index (χ2n) is 5.79. The van der Waals surface area contributed by atoms with E-state index in [4.69, 9.17) is 28.9 Å². The van der Waals surface area contributed by atoms with Crippen molar-refractivity contribution in [3.8, 4) is 11.4 Å². The summed E-state index contributed by atoms with van der Waals surface area (Å²) in [6.45, 7) is 1.77. The lowest BCUT2D eigenvalue weighted by Gasteiger charge is -2.05. The number of amides is 1. The number of aromatic nitrogens is 8. The molecule has 3 heterocycles. The van der Waals surface area contributed by atoms with E-state index in [1.54, 1.807) is 43.5 Å². The maximum absolute atomic E-state index is 11.8. The van der Waals surface area contributed by atoms with Gasteiger partial charge in [-0.1, -0.05) is 29.3 Å². The first kappa shape index (κ1) is 18.8. The van der Waals surface area contributed by atoms with Crippen molar-refractivity contribution in [2.24, 2.45) is 5.73 Å². The van der Waals surface area contributed by atoms with Gasteiger partial charge in [0.15, 0.2) is 17.3 Å². The number of aryl methyl sites for hydroxylation is 1. The molecule has 29 heavy (non-hydrogen) atoms. The molecule has 4 rings (SSSR count). The molecule has 0 atom stereocenters. The minimum atomic E-state index is -0.775. The first-order valence-corrected chi connectivity index (χ1v) is 8.89. The summed E-state index contributed by atoms with van der Waals surface area (Å²) in [7, 11) is 0. The first-order chi connectivity index (χ1) is 13.9. The minimum Gasteiger partial charge on any atom is -0.364 e. The number of nitrogens with two attached hydrogens (primary N) is 1. The molecule has 0 aliphatic carbocycles. The number of benzene rings is 1. The van der Waals surface area contributed by atoms with Crippen molar-refractivity contribution in [3.63, 3.8) is 0 Å². The molecular formula is C16H12Cl2N10O. The summed E-state index contributed by atoms with van der Waals surface area (Å²) in [6, 6.07) is 8.36. The lowest BCUT2D eigenvalue weighted by Crippen LogP contribution is -2.14. The average molecular weight is 431 g/mol. The smallest absolute Gasteiger partial charge is 0.273 e. The van der Waals surface area contributed by atoms with Crippen molar-refractivity contribution in [2.45, 2.75) is 6.92 Å². The molecule has 3 aromatic heterocycles. The summed E-state index contributed by atoms with van der Waals surface area (Å²) in [6.07, 6.45) is 1.56. The highest BCUT2D eigenvalue weighted by Crippen LogP contribution is 2.28. The number of pyridine rings is 1. The molecule has 4 aromatic rings. The van der Waals surface area contributed by atoms with E-state index in [2.05, 4.69) is 36.0 Å². The number of nitrogens with one attached hydrogen (secondary N) is 1. The Hall–Kier alpha value is -3.57. The molecule has 13 heteroatoms.